The summed E-state index contributed by atoms with van der Waals surface area (Å²) in [6.45, 7) is 0. The van der Waals surface area contributed by atoms with E-state index in [2.05, 4.69) is 10.4 Å². The van der Waals surface area contributed by atoms with Gasteiger partial charge in [0.1, 0.15) is 0 Å². The van der Waals surface area contributed by atoms with Gasteiger partial charge in [0.05, 0.1) is 16.7 Å². The highest BCUT2D eigenvalue weighted by atomic mass is 16.6. The largest absolute Gasteiger partial charge is 0.366 e. The van der Waals surface area contributed by atoms with E-state index >= 15 is 0 Å². The number of hydrogen-bond donors (Lipinski definition) is 3. The van der Waals surface area contributed by atoms with Crippen LogP contribution in [-0.4, -0.2) is 28.9 Å². The van der Waals surface area contributed by atoms with Crippen LogP contribution in [0.4, 0.5) is 11.4 Å². The molecule has 10 nitrogen and oxygen atoms in total. The topological polar surface area (TPSA) is 157 Å². The lowest BCUT2D eigenvalue weighted by molar-refractivity contribution is -0.385. The van der Waals surface area contributed by atoms with Crippen molar-refractivity contribution in [3.05, 3.63) is 69.8 Å². The van der Waals surface area contributed by atoms with E-state index in [0.717, 1.165) is 6.21 Å². The molecular formula is C16H13N5O5. The first-order valence-electron chi connectivity index (χ1n) is 7.16. The van der Waals surface area contributed by atoms with E-state index < -0.39 is 22.6 Å². The van der Waals surface area contributed by atoms with Crippen LogP contribution in [0.1, 0.15) is 15.9 Å². The summed E-state index contributed by atoms with van der Waals surface area (Å²) in [5.74, 6) is -2.69. The maximum atomic E-state index is 11.8. The van der Waals surface area contributed by atoms with Gasteiger partial charge in [-0.15, -0.1) is 0 Å². The van der Waals surface area contributed by atoms with E-state index in [9.17, 15) is 24.5 Å². The van der Waals surface area contributed by atoms with E-state index in [4.69, 9.17) is 5.73 Å². The molecule has 0 atom stereocenters. The van der Waals surface area contributed by atoms with Gasteiger partial charge < -0.3 is 11.1 Å². The Labute approximate surface area is 146 Å². The second-order valence-corrected chi connectivity index (χ2v) is 4.91. The minimum atomic E-state index is -1.07. The zero-order valence-corrected chi connectivity index (χ0v) is 13.2. The van der Waals surface area contributed by atoms with Crippen molar-refractivity contribution in [2.24, 2.45) is 10.8 Å². The number of nitrogens with two attached hydrogens (primary N) is 1. The molecule has 0 heterocycles. The number of nitro groups is 1. The number of nitrogens with zero attached hydrogens (tertiary/aromatic N) is 2. The van der Waals surface area contributed by atoms with Crippen LogP contribution in [0.25, 0.3) is 0 Å². The molecule has 0 spiro atoms. The van der Waals surface area contributed by atoms with Gasteiger partial charge in [0, 0.05) is 17.3 Å². The van der Waals surface area contributed by atoms with Gasteiger partial charge in [0.15, 0.2) is 0 Å². The van der Waals surface area contributed by atoms with Crippen LogP contribution in [0.2, 0.25) is 0 Å². The number of nitrogens with one attached hydrogen (secondary N) is 2. The molecule has 0 bridgehead atoms. The first-order valence-corrected chi connectivity index (χ1v) is 7.16. The second-order valence-electron chi connectivity index (χ2n) is 4.91. The summed E-state index contributed by atoms with van der Waals surface area (Å²) in [6.07, 6.45) is 1.06. The lowest BCUT2D eigenvalue weighted by atomic mass is 10.2. The lowest BCUT2D eigenvalue weighted by Gasteiger charge is -2.04. The van der Waals surface area contributed by atoms with Crippen molar-refractivity contribution in [2.45, 2.75) is 0 Å². The number of carbonyl (C=O) groups excluding carboxylic acids is 3. The number of rotatable bonds is 5. The molecule has 2 rings (SSSR count). The Kier molecular flexibility index (Phi) is 5.72. The minimum Gasteiger partial charge on any atom is -0.366 e. The Morgan fingerprint density at radius 3 is 2.31 bits per heavy atom. The van der Waals surface area contributed by atoms with E-state index in [-0.39, 0.29) is 22.5 Å². The fourth-order valence-electron chi connectivity index (χ4n) is 1.88. The third-order valence-electron chi connectivity index (χ3n) is 3.14. The fraction of sp³-hybridized carbons (Fsp3) is 0. The third-order valence-corrected chi connectivity index (χ3v) is 3.14. The van der Waals surface area contributed by atoms with Crippen LogP contribution in [-0.2, 0) is 9.59 Å². The molecule has 0 radical (unpaired) electrons. The van der Waals surface area contributed by atoms with Crippen LogP contribution in [0.15, 0.2) is 53.6 Å². The summed E-state index contributed by atoms with van der Waals surface area (Å²) < 4.78 is 0. The highest BCUT2D eigenvalue weighted by molar-refractivity contribution is 6.39. The molecule has 10 heteroatoms. The molecule has 0 aliphatic carbocycles. The molecule has 132 valence electrons. The average Bonchev–Trinajstić information content (AvgIpc) is 2.62. The average molecular weight is 355 g/mol. The van der Waals surface area contributed by atoms with Crippen molar-refractivity contribution >= 4 is 35.3 Å². The summed E-state index contributed by atoms with van der Waals surface area (Å²) in [5.41, 5.74) is 7.57. The lowest BCUT2D eigenvalue weighted by Crippen LogP contribution is -2.32. The molecule has 0 unspecified atom stereocenters. The molecular weight excluding hydrogens is 342 g/mol. The van der Waals surface area contributed by atoms with Gasteiger partial charge in [-0.25, -0.2) is 5.43 Å². The number of benzene rings is 2. The second kappa shape index (κ2) is 8.15. The standard InChI is InChI=1S/C16H13N5O5/c17-14(22)10-5-7-12(8-6-10)19-15(23)16(24)20-18-9-11-3-1-2-4-13(11)21(25)26/h1-9H,(H2,17,22)(H,19,23)(H,20,24)/b18-9+. The maximum absolute atomic E-state index is 11.8. The molecule has 4 N–H and O–H groups in total. The Morgan fingerprint density at radius 2 is 1.69 bits per heavy atom. The minimum absolute atomic E-state index is 0.167. The maximum Gasteiger partial charge on any atom is 0.329 e. The number of carbonyl (C=O) groups is 3. The first kappa shape index (κ1) is 18.3. The summed E-state index contributed by atoms with van der Waals surface area (Å²) in [7, 11) is 0. The highest BCUT2D eigenvalue weighted by Gasteiger charge is 2.14. The molecule has 0 saturated carbocycles. The molecule has 0 fully saturated rings. The van der Waals surface area contributed by atoms with Gasteiger partial charge in [-0.2, -0.15) is 5.10 Å². The predicted molar refractivity (Wildman–Crippen MR) is 92.4 cm³/mol. The number of hydrogen-bond acceptors (Lipinski definition) is 6. The molecule has 3 amide bonds. The van der Waals surface area contributed by atoms with Gasteiger partial charge in [0.25, 0.3) is 5.69 Å². The summed E-state index contributed by atoms with van der Waals surface area (Å²) in [5, 5.41) is 16.7. The quantitative estimate of drug-likeness (QED) is 0.313. The monoisotopic (exact) mass is 355 g/mol. The van der Waals surface area contributed by atoms with Crippen LogP contribution in [0.5, 0.6) is 0 Å². The van der Waals surface area contributed by atoms with Gasteiger partial charge in [-0.05, 0) is 30.3 Å². The Hall–Kier alpha value is -4.08. The highest BCUT2D eigenvalue weighted by Crippen LogP contribution is 2.15. The summed E-state index contributed by atoms with van der Waals surface area (Å²) in [4.78, 5) is 44.7. The third kappa shape index (κ3) is 4.71. The molecule has 2 aromatic carbocycles. The Balaban J connectivity index is 1.96. The van der Waals surface area contributed by atoms with Crippen molar-refractivity contribution in [3.8, 4) is 0 Å². The van der Waals surface area contributed by atoms with Gasteiger partial charge in [-0.3, -0.25) is 24.5 Å². The number of nitro benzene ring substituents is 1. The van der Waals surface area contributed by atoms with E-state index in [1.807, 2.05) is 5.43 Å². The van der Waals surface area contributed by atoms with Crippen LogP contribution >= 0.6 is 0 Å². The molecule has 0 aliphatic heterocycles. The van der Waals surface area contributed by atoms with Gasteiger partial charge in [-0.1, -0.05) is 12.1 Å². The number of amides is 3. The Bertz CT molecular complexity index is 892. The zero-order valence-electron chi connectivity index (χ0n) is 13.2. The number of anilines is 1. The van der Waals surface area contributed by atoms with Crippen molar-refractivity contribution in [1.29, 1.82) is 0 Å². The molecule has 0 saturated heterocycles. The van der Waals surface area contributed by atoms with Gasteiger partial charge >= 0.3 is 11.8 Å². The van der Waals surface area contributed by atoms with Crippen molar-refractivity contribution < 1.29 is 19.3 Å². The fourth-order valence-corrected chi connectivity index (χ4v) is 1.88. The Morgan fingerprint density at radius 1 is 1.04 bits per heavy atom. The molecule has 0 aromatic heterocycles. The van der Waals surface area contributed by atoms with Crippen LogP contribution < -0.4 is 16.5 Å². The predicted octanol–water partition coefficient (Wildman–Crippen LogP) is 0.783. The normalized spacial score (nSPS) is 10.3. The van der Waals surface area contributed by atoms with Crippen molar-refractivity contribution in [3.63, 3.8) is 0 Å². The van der Waals surface area contributed by atoms with Crippen molar-refractivity contribution in [2.75, 3.05) is 5.32 Å². The van der Waals surface area contributed by atoms with Crippen LogP contribution in [0.3, 0.4) is 0 Å². The van der Waals surface area contributed by atoms with Crippen LogP contribution in [0, 0.1) is 10.1 Å². The number of hydrazone groups is 1. The number of para-hydroxylation sites is 1. The zero-order chi connectivity index (χ0) is 19.1. The molecule has 2 aromatic rings. The molecule has 26 heavy (non-hydrogen) atoms. The summed E-state index contributed by atoms with van der Waals surface area (Å²) >= 11 is 0. The number of primary amides is 1. The van der Waals surface area contributed by atoms with E-state index in [0.29, 0.717) is 0 Å². The van der Waals surface area contributed by atoms with Gasteiger partial charge in [0.2, 0.25) is 5.91 Å². The van der Waals surface area contributed by atoms with E-state index in [1.54, 1.807) is 6.07 Å². The van der Waals surface area contributed by atoms with E-state index in [1.165, 1.54) is 42.5 Å². The smallest absolute Gasteiger partial charge is 0.329 e. The summed E-state index contributed by atoms with van der Waals surface area (Å²) in [6, 6.07) is 11.4. The molecule has 0 aliphatic rings. The SMILES string of the molecule is NC(=O)c1ccc(NC(=O)C(=O)N/N=C/c2ccccc2[N+](=O)[O-])cc1. The first-order chi connectivity index (χ1) is 12.4. The van der Waals surface area contributed by atoms with Crippen molar-refractivity contribution in [1.82, 2.24) is 5.43 Å².